The lowest BCUT2D eigenvalue weighted by Gasteiger charge is -2.23. The first-order valence-corrected chi connectivity index (χ1v) is 10.9. The molecule has 2 aliphatic heterocycles. The molecule has 2 aliphatic rings. The van der Waals surface area contributed by atoms with Crippen molar-refractivity contribution in [3.63, 3.8) is 0 Å². The van der Waals surface area contributed by atoms with Gasteiger partial charge in [0.15, 0.2) is 0 Å². The number of amides is 1. The number of aromatic nitrogens is 6. The highest BCUT2D eigenvalue weighted by atomic mass is 35.5. The van der Waals surface area contributed by atoms with E-state index in [2.05, 4.69) is 25.7 Å². The molecule has 31 heavy (non-hydrogen) atoms. The number of hydrogen-bond donors (Lipinski definition) is 1. The summed E-state index contributed by atoms with van der Waals surface area (Å²) in [5.41, 5.74) is 3.82. The summed E-state index contributed by atoms with van der Waals surface area (Å²) in [7, 11) is 1.92. The Morgan fingerprint density at radius 3 is 2.97 bits per heavy atom. The number of carbonyl (C=O) groups excluding carboxylic acids is 1. The Hall–Kier alpha value is -3.13. The van der Waals surface area contributed by atoms with E-state index in [1.54, 1.807) is 12.4 Å². The maximum Gasteiger partial charge on any atom is 0.230 e. The Morgan fingerprint density at radius 2 is 2.13 bits per heavy atom. The van der Waals surface area contributed by atoms with Crippen molar-refractivity contribution < 1.29 is 4.79 Å². The molecule has 6 heterocycles. The van der Waals surface area contributed by atoms with E-state index in [0.29, 0.717) is 11.4 Å². The molecular formula is C22H22ClN7O. The van der Waals surface area contributed by atoms with Gasteiger partial charge in [0.2, 0.25) is 5.91 Å². The first-order valence-electron chi connectivity index (χ1n) is 10.5. The maximum atomic E-state index is 12.9. The molecule has 6 rings (SSSR count). The summed E-state index contributed by atoms with van der Waals surface area (Å²) in [4.78, 5) is 26.7. The number of aryl methyl sites for hydroxylation is 2. The molecule has 1 saturated heterocycles. The van der Waals surface area contributed by atoms with Gasteiger partial charge in [0.1, 0.15) is 11.5 Å². The molecule has 1 fully saturated rings. The summed E-state index contributed by atoms with van der Waals surface area (Å²) in [5, 5.41) is 6.40. The van der Waals surface area contributed by atoms with E-state index in [1.165, 1.54) is 5.69 Å². The number of likely N-dealkylation sites (tertiary alicyclic amines) is 1. The number of H-pyrrole nitrogens is 1. The molecule has 0 bridgehead atoms. The molecular weight excluding hydrogens is 414 g/mol. The summed E-state index contributed by atoms with van der Waals surface area (Å²) in [5.74, 6) is 0.942. The number of aromatic amines is 1. The fourth-order valence-electron chi connectivity index (χ4n) is 5.03. The van der Waals surface area contributed by atoms with Gasteiger partial charge in [0.05, 0.1) is 17.1 Å². The van der Waals surface area contributed by atoms with Crippen LogP contribution in [0.5, 0.6) is 0 Å². The van der Waals surface area contributed by atoms with Gasteiger partial charge in [-0.1, -0.05) is 11.6 Å². The summed E-state index contributed by atoms with van der Waals surface area (Å²) in [6.45, 7) is 2.38. The van der Waals surface area contributed by atoms with E-state index < -0.39 is 0 Å². The monoisotopic (exact) mass is 435 g/mol. The topological polar surface area (TPSA) is 84.6 Å². The maximum absolute atomic E-state index is 12.9. The smallest absolute Gasteiger partial charge is 0.230 e. The van der Waals surface area contributed by atoms with Crippen molar-refractivity contribution in [3.05, 3.63) is 53.5 Å². The Bertz CT molecular complexity index is 1320. The second-order valence-electron chi connectivity index (χ2n) is 8.62. The average molecular weight is 436 g/mol. The van der Waals surface area contributed by atoms with E-state index in [9.17, 15) is 4.79 Å². The number of nitrogens with one attached hydrogen (secondary N) is 1. The summed E-state index contributed by atoms with van der Waals surface area (Å²) < 4.78 is 4.01. The van der Waals surface area contributed by atoms with Crippen LogP contribution in [0, 0.1) is 0 Å². The van der Waals surface area contributed by atoms with E-state index >= 15 is 0 Å². The molecule has 0 aromatic carbocycles. The van der Waals surface area contributed by atoms with Crippen LogP contribution in [-0.2, 0) is 30.2 Å². The van der Waals surface area contributed by atoms with Gasteiger partial charge in [0, 0.05) is 73.5 Å². The van der Waals surface area contributed by atoms with Gasteiger partial charge in [0.25, 0.3) is 0 Å². The summed E-state index contributed by atoms with van der Waals surface area (Å²) in [6, 6.07) is 4.20. The van der Waals surface area contributed by atoms with Gasteiger partial charge in [-0.2, -0.15) is 5.10 Å². The van der Waals surface area contributed by atoms with Crippen LogP contribution in [0.2, 0.25) is 5.02 Å². The van der Waals surface area contributed by atoms with Crippen LogP contribution in [0.25, 0.3) is 22.3 Å². The second-order valence-corrected chi connectivity index (χ2v) is 9.03. The molecule has 0 aliphatic carbocycles. The molecule has 158 valence electrons. The largest absolute Gasteiger partial charge is 0.345 e. The number of rotatable bonds is 3. The summed E-state index contributed by atoms with van der Waals surface area (Å²) in [6.07, 6.45) is 9.51. The molecule has 4 aromatic heterocycles. The number of pyridine rings is 1. The Kier molecular flexibility index (Phi) is 4.02. The van der Waals surface area contributed by atoms with Crippen LogP contribution in [0.15, 0.2) is 36.9 Å². The van der Waals surface area contributed by atoms with E-state index in [0.717, 1.165) is 60.6 Å². The van der Waals surface area contributed by atoms with Crippen LogP contribution in [0.3, 0.4) is 0 Å². The standard InChI is InChI=1S/C22H22ClN7O/c1-28-7-4-24-19(28)10-20(31)29-5-2-22(13-29)3-6-30-18(22)9-17(27-30)14-8-15-16(23)12-26-21(15)25-11-14/h4,7-9,11-12H,2-3,5-6,10,13H2,1H3,(H,25,26). The quantitative estimate of drug-likeness (QED) is 0.536. The Balaban J connectivity index is 1.26. The highest BCUT2D eigenvalue weighted by Crippen LogP contribution is 2.44. The Morgan fingerprint density at radius 1 is 1.26 bits per heavy atom. The minimum absolute atomic E-state index is 0.0220. The van der Waals surface area contributed by atoms with Crippen LogP contribution in [0.4, 0.5) is 0 Å². The third-order valence-electron chi connectivity index (χ3n) is 6.84. The molecule has 1 atom stereocenters. The van der Waals surface area contributed by atoms with Crippen molar-refractivity contribution in [3.8, 4) is 11.3 Å². The fourth-order valence-corrected chi connectivity index (χ4v) is 5.23. The van der Waals surface area contributed by atoms with Gasteiger partial charge in [-0.15, -0.1) is 0 Å². The highest BCUT2D eigenvalue weighted by molar-refractivity contribution is 6.35. The molecule has 0 saturated carbocycles. The molecule has 1 N–H and O–H groups in total. The number of nitrogens with zero attached hydrogens (tertiary/aromatic N) is 6. The van der Waals surface area contributed by atoms with Crippen LogP contribution in [0.1, 0.15) is 24.4 Å². The van der Waals surface area contributed by atoms with Crippen molar-refractivity contribution in [2.45, 2.75) is 31.2 Å². The molecule has 0 radical (unpaired) electrons. The number of carbonyl (C=O) groups is 1. The average Bonchev–Trinajstić information content (AvgIpc) is 3.56. The number of halogens is 1. The first-order chi connectivity index (χ1) is 15.0. The minimum Gasteiger partial charge on any atom is -0.345 e. The first kappa shape index (κ1) is 18.6. The molecule has 9 heteroatoms. The van der Waals surface area contributed by atoms with E-state index in [4.69, 9.17) is 16.7 Å². The molecule has 1 spiro atoms. The van der Waals surface area contributed by atoms with Gasteiger partial charge in [-0.3, -0.25) is 9.48 Å². The van der Waals surface area contributed by atoms with Crippen molar-refractivity contribution in [2.24, 2.45) is 7.05 Å². The fraction of sp³-hybridized carbons (Fsp3) is 0.364. The van der Waals surface area contributed by atoms with Crippen molar-refractivity contribution in [2.75, 3.05) is 13.1 Å². The highest BCUT2D eigenvalue weighted by Gasteiger charge is 2.46. The zero-order valence-corrected chi connectivity index (χ0v) is 17.9. The molecule has 1 unspecified atom stereocenters. The van der Waals surface area contributed by atoms with Crippen molar-refractivity contribution in [1.29, 1.82) is 0 Å². The van der Waals surface area contributed by atoms with Crippen LogP contribution < -0.4 is 0 Å². The zero-order chi connectivity index (χ0) is 21.2. The predicted octanol–water partition coefficient (Wildman–Crippen LogP) is 2.93. The minimum atomic E-state index is -0.0220. The van der Waals surface area contributed by atoms with Crippen LogP contribution in [-0.4, -0.2) is 53.2 Å². The molecule has 4 aromatic rings. The van der Waals surface area contributed by atoms with E-state index in [-0.39, 0.29) is 11.3 Å². The Labute approximate surface area is 183 Å². The van der Waals surface area contributed by atoms with Gasteiger partial charge in [-0.05, 0) is 25.0 Å². The van der Waals surface area contributed by atoms with Crippen molar-refractivity contribution >= 4 is 28.5 Å². The SMILES string of the molecule is Cn1ccnc1CC(=O)N1CCC2(CCn3nc(-c4cnc5[nH]cc(Cl)c5c4)cc32)C1. The third-order valence-corrected chi connectivity index (χ3v) is 7.15. The number of fused-ring (bicyclic) bond motifs is 3. The third kappa shape index (κ3) is 2.89. The van der Waals surface area contributed by atoms with Gasteiger partial charge in [-0.25, -0.2) is 9.97 Å². The predicted molar refractivity (Wildman–Crippen MR) is 117 cm³/mol. The summed E-state index contributed by atoms with van der Waals surface area (Å²) >= 11 is 6.27. The molecule has 1 amide bonds. The van der Waals surface area contributed by atoms with Crippen molar-refractivity contribution in [1.82, 2.24) is 34.2 Å². The lowest BCUT2D eigenvalue weighted by molar-refractivity contribution is -0.129. The lowest BCUT2D eigenvalue weighted by atomic mass is 9.82. The zero-order valence-electron chi connectivity index (χ0n) is 17.2. The lowest BCUT2D eigenvalue weighted by Crippen LogP contribution is -2.34. The van der Waals surface area contributed by atoms with Crippen LogP contribution >= 0.6 is 11.6 Å². The normalized spacial score (nSPS) is 20.3. The number of hydrogen-bond acceptors (Lipinski definition) is 4. The second kappa shape index (κ2) is 6.68. The molecule has 8 nitrogen and oxygen atoms in total. The number of imidazole rings is 1. The van der Waals surface area contributed by atoms with Gasteiger partial charge < -0.3 is 14.5 Å². The van der Waals surface area contributed by atoms with Gasteiger partial charge >= 0.3 is 0 Å². The van der Waals surface area contributed by atoms with E-state index in [1.807, 2.05) is 35.0 Å².